The summed E-state index contributed by atoms with van der Waals surface area (Å²) in [6.07, 6.45) is 3.72. The Labute approximate surface area is 132 Å². The van der Waals surface area contributed by atoms with Crippen molar-refractivity contribution in [1.29, 1.82) is 0 Å². The third-order valence-corrected chi connectivity index (χ3v) is 3.33. The average Bonchev–Trinajstić information content (AvgIpc) is 2.74. The summed E-state index contributed by atoms with van der Waals surface area (Å²) < 4.78 is 1.75. The number of carbonyl (C=O) groups excluding carboxylic acids is 1. The number of nitrogens with zero attached hydrogens (tertiary/aromatic N) is 2. The van der Waals surface area contributed by atoms with Crippen LogP contribution >= 0.6 is 31.9 Å². The Hall–Kier alpha value is -1.67. The first-order valence-electron chi connectivity index (χ1n) is 5.56. The van der Waals surface area contributed by atoms with Gasteiger partial charge < -0.3 is 16.8 Å². The minimum atomic E-state index is 0.0191. The van der Waals surface area contributed by atoms with Gasteiger partial charge in [0.15, 0.2) is 0 Å². The molecule has 0 spiro atoms. The highest BCUT2D eigenvalue weighted by molar-refractivity contribution is 9.10. The Morgan fingerprint density at radius 3 is 2.40 bits per heavy atom. The molecule has 1 aliphatic rings. The molecule has 2 aromatic heterocycles. The molecule has 0 unspecified atom stereocenters. The minimum absolute atomic E-state index is 0.0191. The van der Waals surface area contributed by atoms with Gasteiger partial charge >= 0.3 is 0 Å². The number of hydrogen-bond donors (Lipinski definition) is 3. The van der Waals surface area contributed by atoms with Crippen LogP contribution in [0.15, 0.2) is 33.5 Å². The fourth-order valence-corrected chi connectivity index (χ4v) is 2.27. The molecule has 0 atom stereocenters. The van der Waals surface area contributed by atoms with Gasteiger partial charge in [-0.3, -0.25) is 4.79 Å². The van der Waals surface area contributed by atoms with Gasteiger partial charge in [0.1, 0.15) is 11.6 Å². The third kappa shape index (κ3) is 3.67. The van der Waals surface area contributed by atoms with E-state index in [0.717, 1.165) is 14.5 Å². The highest BCUT2D eigenvalue weighted by atomic mass is 79.9. The fraction of sp³-hybridized carbons (Fsp3) is 0.0833. The van der Waals surface area contributed by atoms with Crippen molar-refractivity contribution in [3.05, 3.63) is 39.0 Å². The molecule has 2 aromatic rings. The van der Waals surface area contributed by atoms with Gasteiger partial charge in [-0.05, 0) is 44.0 Å². The molecule has 0 fully saturated rings. The second kappa shape index (κ2) is 6.19. The Balaban J connectivity index is 0.000000151. The molecule has 20 heavy (non-hydrogen) atoms. The lowest BCUT2D eigenvalue weighted by molar-refractivity contribution is -0.115. The lowest BCUT2D eigenvalue weighted by Gasteiger charge is -1.96. The van der Waals surface area contributed by atoms with E-state index in [-0.39, 0.29) is 5.91 Å². The maximum Gasteiger partial charge on any atom is 0.230 e. The van der Waals surface area contributed by atoms with E-state index in [4.69, 9.17) is 11.5 Å². The summed E-state index contributed by atoms with van der Waals surface area (Å²) in [5.74, 6) is 1.09. The predicted molar refractivity (Wildman–Crippen MR) is 85.0 cm³/mol. The summed E-state index contributed by atoms with van der Waals surface area (Å²) in [4.78, 5) is 18.7. The smallest absolute Gasteiger partial charge is 0.230 e. The molecule has 8 heteroatoms. The van der Waals surface area contributed by atoms with E-state index in [2.05, 4.69) is 47.1 Å². The topological polar surface area (TPSA) is 107 Å². The first-order chi connectivity index (χ1) is 9.45. The van der Waals surface area contributed by atoms with Gasteiger partial charge in [0.2, 0.25) is 5.91 Å². The van der Waals surface area contributed by atoms with E-state index in [1.54, 1.807) is 18.5 Å². The number of nitrogen functional groups attached to an aromatic ring is 2. The Morgan fingerprint density at radius 2 is 1.75 bits per heavy atom. The number of fused-ring (bicyclic) bond motifs is 1. The Morgan fingerprint density at radius 1 is 1.10 bits per heavy atom. The molecule has 0 saturated heterocycles. The van der Waals surface area contributed by atoms with Gasteiger partial charge in [-0.15, -0.1) is 0 Å². The number of carbonyl (C=O) groups is 1. The van der Waals surface area contributed by atoms with E-state index in [1.807, 2.05) is 6.07 Å². The van der Waals surface area contributed by atoms with E-state index >= 15 is 0 Å². The van der Waals surface area contributed by atoms with Crippen molar-refractivity contribution in [2.45, 2.75) is 6.42 Å². The van der Waals surface area contributed by atoms with Crippen LogP contribution in [0.4, 0.5) is 17.3 Å². The number of nitrogens with one attached hydrogen (secondary N) is 1. The molecule has 0 radical (unpaired) electrons. The zero-order valence-electron chi connectivity index (χ0n) is 10.2. The number of amides is 1. The highest BCUT2D eigenvalue weighted by Gasteiger charge is 2.18. The van der Waals surface area contributed by atoms with Crippen LogP contribution in [0.3, 0.4) is 0 Å². The average molecular weight is 401 g/mol. The molecule has 1 aliphatic heterocycles. The molecule has 5 N–H and O–H groups in total. The zero-order valence-corrected chi connectivity index (χ0v) is 13.4. The van der Waals surface area contributed by atoms with Crippen molar-refractivity contribution in [1.82, 2.24) is 9.97 Å². The standard InChI is InChI=1S/C7H5BrN2O.C5H6BrN3/c8-5-1-4-2-6(11)10-7(4)9-3-5;6-3-1-4(7)5(8)9-2-3/h1,3H,2H2,(H,9,10,11);1-2H,7H2,(H2,8,9). The second-order valence-electron chi connectivity index (χ2n) is 4.01. The zero-order chi connectivity index (χ0) is 14.7. The van der Waals surface area contributed by atoms with E-state index in [1.165, 1.54) is 0 Å². The van der Waals surface area contributed by atoms with Gasteiger partial charge in [0.25, 0.3) is 0 Å². The third-order valence-electron chi connectivity index (χ3n) is 2.46. The second-order valence-corrected chi connectivity index (χ2v) is 5.85. The van der Waals surface area contributed by atoms with E-state index in [0.29, 0.717) is 23.7 Å². The van der Waals surface area contributed by atoms with Gasteiger partial charge in [-0.1, -0.05) is 0 Å². The van der Waals surface area contributed by atoms with Crippen LogP contribution in [-0.2, 0) is 11.2 Å². The normalized spacial score (nSPS) is 12.2. The van der Waals surface area contributed by atoms with Crippen LogP contribution in [0, 0.1) is 0 Å². The summed E-state index contributed by atoms with van der Waals surface area (Å²) in [6.45, 7) is 0. The van der Waals surface area contributed by atoms with Crippen LogP contribution in [0.1, 0.15) is 5.56 Å². The Bertz CT molecular complexity index is 662. The van der Waals surface area contributed by atoms with Crippen molar-refractivity contribution in [3.8, 4) is 0 Å². The molecular formula is C12H11Br2N5O. The van der Waals surface area contributed by atoms with Crippen molar-refractivity contribution in [2.24, 2.45) is 0 Å². The van der Waals surface area contributed by atoms with E-state index in [9.17, 15) is 4.79 Å². The molecule has 0 aliphatic carbocycles. The molecule has 0 bridgehead atoms. The summed E-state index contributed by atoms with van der Waals surface area (Å²) in [5, 5.41) is 2.65. The highest BCUT2D eigenvalue weighted by Crippen LogP contribution is 2.22. The van der Waals surface area contributed by atoms with Crippen molar-refractivity contribution < 1.29 is 4.79 Å². The summed E-state index contributed by atoms with van der Waals surface area (Å²) >= 11 is 6.48. The Kier molecular flexibility index (Phi) is 4.56. The summed E-state index contributed by atoms with van der Waals surface area (Å²) in [7, 11) is 0. The van der Waals surface area contributed by atoms with Crippen molar-refractivity contribution in [3.63, 3.8) is 0 Å². The lowest BCUT2D eigenvalue weighted by Crippen LogP contribution is -2.04. The largest absolute Gasteiger partial charge is 0.396 e. The van der Waals surface area contributed by atoms with Crippen molar-refractivity contribution >= 4 is 55.1 Å². The number of rotatable bonds is 0. The van der Waals surface area contributed by atoms with Crippen LogP contribution in [-0.4, -0.2) is 15.9 Å². The SMILES string of the molecule is Nc1cc(Br)cnc1N.O=C1Cc2cc(Br)cnc2N1. The minimum Gasteiger partial charge on any atom is -0.396 e. The molecule has 104 valence electrons. The lowest BCUT2D eigenvalue weighted by atomic mass is 10.2. The molecule has 0 aromatic carbocycles. The van der Waals surface area contributed by atoms with Gasteiger partial charge in [0.05, 0.1) is 12.1 Å². The molecule has 3 rings (SSSR count). The van der Waals surface area contributed by atoms with Crippen molar-refractivity contribution in [2.75, 3.05) is 16.8 Å². The molecule has 0 saturated carbocycles. The maximum absolute atomic E-state index is 10.8. The summed E-state index contributed by atoms with van der Waals surface area (Å²) in [6, 6.07) is 3.61. The number of aromatic nitrogens is 2. The van der Waals surface area contributed by atoms with Crippen LogP contribution < -0.4 is 16.8 Å². The maximum atomic E-state index is 10.8. The molecule has 1 amide bonds. The quantitative estimate of drug-likeness (QED) is 0.629. The first kappa shape index (κ1) is 14.7. The number of pyridine rings is 2. The van der Waals surface area contributed by atoms with Crippen LogP contribution in [0.25, 0.3) is 0 Å². The van der Waals surface area contributed by atoms with Crippen LogP contribution in [0.5, 0.6) is 0 Å². The molecule has 3 heterocycles. The number of hydrogen-bond acceptors (Lipinski definition) is 5. The van der Waals surface area contributed by atoms with Gasteiger partial charge in [-0.25, -0.2) is 9.97 Å². The van der Waals surface area contributed by atoms with Crippen LogP contribution in [0.2, 0.25) is 0 Å². The predicted octanol–water partition coefficient (Wildman–Crippen LogP) is 2.35. The van der Waals surface area contributed by atoms with Gasteiger partial charge in [0, 0.05) is 26.9 Å². The monoisotopic (exact) mass is 399 g/mol. The number of nitrogens with two attached hydrogens (primary N) is 2. The molecular weight excluding hydrogens is 390 g/mol. The first-order valence-corrected chi connectivity index (χ1v) is 7.15. The molecule has 6 nitrogen and oxygen atoms in total. The van der Waals surface area contributed by atoms with E-state index < -0.39 is 0 Å². The van der Waals surface area contributed by atoms with Gasteiger partial charge in [-0.2, -0.15) is 0 Å². The number of halogens is 2. The summed E-state index contributed by atoms with van der Waals surface area (Å²) in [5.41, 5.74) is 12.2. The number of anilines is 3. The fourth-order valence-electron chi connectivity index (χ4n) is 1.54.